The van der Waals surface area contributed by atoms with Crippen molar-refractivity contribution in [3.05, 3.63) is 24.0 Å². The summed E-state index contributed by atoms with van der Waals surface area (Å²) in [5.74, 6) is 0. The summed E-state index contributed by atoms with van der Waals surface area (Å²) in [5.41, 5.74) is 6.14. The molecule has 0 radical (unpaired) electrons. The normalized spacial score (nSPS) is 18.0. The van der Waals surface area contributed by atoms with E-state index in [1.54, 1.807) is 6.20 Å². The number of hydrogen-bond donors (Lipinski definition) is 2. The van der Waals surface area contributed by atoms with Crippen LogP contribution in [0.3, 0.4) is 0 Å². The van der Waals surface area contributed by atoms with E-state index in [9.17, 15) is 0 Å². The summed E-state index contributed by atoms with van der Waals surface area (Å²) in [6.45, 7) is 0.903. The van der Waals surface area contributed by atoms with Crippen molar-refractivity contribution >= 4 is 0 Å². The molecule has 0 fully saturated rings. The second-order valence-corrected chi connectivity index (χ2v) is 1.45. The standard InChI is InChI=1S/C5H8N2/c6-5-2-1-3-7-4-5/h1-2,4,7H,3,6H2. The largest absolute Gasteiger partial charge is 0.398 e. The summed E-state index contributed by atoms with van der Waals surface area (Å²) in [6.07, 6.45) is 5.66. The zero-order valence-corrected chi connectivity index (χ0v) is 4.02. The lowest BCUT2D eigenvalue weighted by molar-refractivity contribution is 0.950. The minimum atomic E-state index is 0.797. The van der Waals surface area contributed by atoms with Crippen molar-refractivity contribution < 1.29 is 0 Å². The number of nitrogens with two attached hydrogens (primary N) is 1. The molecular formula is C5H8N2. The Balaban J connectivity index is 2.58. The molecule has 1 rings (SSSR count). The fourth-order valence-corrected chi connectivity index (χ4v) is 0.488. The van der Waals surface area contributed by atoms with Crippen molar-refractivity contribution in [1.29, 1.82) is 0 Å². The number of allylic oxidation sites excluding steroid dienone is 1. The summed E-state index contributed by atoms with van der Waals surface area (Å²) < 4.78 is 0. The fourth-order valence-electron chi connectivity index (χ4n) is 0.488. The van der Waals surface area contributed by atoms with Crippen LogP contribution in [0.25, 0.3) is 0 Å². The predicted molar refractivity (Wildman–Crippen MR) is 29.4 cm³/mol. The van der Waals surface area contributed by atoms with Gasteiger partial charge in [0.25, 0.3) is 0 Å². The van der Waals surface area contributed by atoms with Crippen LogP contribution in [0, 0.1) is 0 Å². The Kier molecular flexibility index (Phi) is 1.02. The van der Waals surface area contributed by atoms with Crippen molar-refractivity contribution in [2.45, 2.75) is 0 Å². The molecule has 2 nitrogen and oxygen atoms in total. The Bertz CT molecular complexity index is 113. The van der Waals surface area contributed by atoms with Crippen LogP contribution in [-0.2, 0) is 0 Å². The number of dihydropyridines is 1. The van der Waals surface area contributed by atoms with Gasteiger partial charge in [-0.05, 0) is 6.08 Å². The van der Waals surface area contributed by atoms with Crippen LogP contribution >= 0.6 is 0 Å². The van der Waals surface area contributed by atoms with Crippen LogP contribution in [0.2, 0.25) is 0 Å². The van der Waals surface area contributed by atoms with Gasteiger partial charge in [-0.25, -0.2) is 0 Å². The third-order valence-electron chi connectivity index (χ3n) is 0.815. The first-order chi connectivity index (χ1) is 3.39. The van der Waals surface area contributed by atoms with E-state index in [1.807, 2.05) is 12.2 Å². The van der Waals surface area contributed by atoms with Gasteiger partial charge in [0.2, 0.25) is 0 Å². The van der Waals surface area contributed by atoms with Crippen molar-refractivity contribution in [2.24, 2.45) is 5.73 Å². The molecule has 1 heterocycles. The molecular weight excluding hydrogens is 88.1 g/mol. The van der Waals surface area contributed by atoms with Gasteiger partial charge >= 0.3 is 0 Å². The van der Waals surface area contributed by atoms with Gasteiger partial charge in [-0.1, -0.05) is 6.08 Å². The Hall–Kier alpha value is -0.920. The maximum absolute atomic E-state index is 5.35. The first-order valence-electron chi connectivity index (χ1n) is 2.25. The van der Waals surface area contributed by atoms with Crippen LogP contribution in [0.5, 0.6) is 0 Å². The zero-order chi connectivity index (χ0) is 5.11. The summed E-state index contributed by atoms with van der Waals surface area (Å²) in [4.78, 5) is 0. The molecule has 0 atom stereocenters. The van der Waals surface area contributed by atoms with E-state index in [0.29, 0.717) is 0 Å². The first-order valence-corrected chi connectivity index (χ1v) is 2.25. The van der Waals surface area contributed by atoms with E-state index in [0.717, 1.165) is 12.2 Å². The predicted octanol–water partition coefficient (Wildman–Crippen LogP) is -0.0541. The maximum Gasteiger partial charge on any atom is 0.0471 e. The topological polar surface area (TPSA) is 38.0 Å². The zero-order valence-electron chi connectivity index (χ0n) is 4.02. The maximum atomic E-state index is 5.35. The third kappa shape index (κ3) is 0.961. The molecule has 7 heavy (non-hydrogen) atoms. The van der Waals surface area contributed by atoms with E-state index in [1.165, 1.54) is 0 Å². The molecule has 0 unspecified atom stereocenters. The van der Waals surface area contributed by atoms with Gasteiger partial charge in [-0.2, -0.15) is 0 Å². The quantitative estimate of drug-likeness (QED) is 0.443. The summed E-state index contributed by atoms with van der Waals surface area (Å²) in [6, 6.07) is 0. The molecule has 0 amide bonds. The van der Waals surface area contributed by atoms with Gasteiger partial charge in [0.1, 0.15) is 0 Å². The summed E-state index contributed by atoms with van der Waals surface area (Å²) in [5, 5.41) is 2.96. The Morgan fingerprint density at radius 2 is 2.57 bits per heavy atom. The van der Waals surface area contributed by atoms with Crippen molar-refractivity contribution in [3.63, 3.8) is 0 Å². The SMILES string of the molecule is NC1=CNCC=C1. The van der Waals surface area contributed by atoms with Gasteiger partial charge in [-0.15, -0.1) is 0 Å². The highest BCUT2D eigenvalue weighted by Gasteiger charge is 1.84. The minimum Gasteiger partial charge on any atom is -0.398 e. The van der Waals surface area contributed by atoms with Crippen LogP contribution < -0.4 is 11.1 Å². The highest BCUT2D eigenvalue weighted by molar-refractivity contribution is 5.17. The van der Waals surface area contributed by atoms with Crippen molar-refractivity contribution in [2.75, 3.05) is 6.54 Å². The molecule has 0 aliphatic carbocycles. The average molecular weight is 96.1 g/mol. The van der Waals surface area contributed by atoms with Crippen LogP contribution in [0.1, 0.15) is 0 Å². The second-order valence-electron chi connectivity index (χ2n) is 1.45. The molecule has 0 saturated heterocycles. The van der Waals surface area contributed by atoms with Crippen molar-refractivity contribution in [1.82, 2.24) is 5.32 Å². The lowest BCUT2D eigenvalue weighted by Crippen LogP contribution is -2.12. The molecule has 0 saturated carbocycles. The molecule has 38 valence electrons. The lowest BCUT2D eigenvalue weighted by Gasteiger charge is -2.00. The van der Waals surface area contributed by atoms with Gasteiger partial charge < -0.3 is 11.1 Å². The van der Waals surface area contributed by atoms with Crippen molar-refractivity contribution in [3.8, 4) is 0 Å². The lowest BCUT2D eigenvalue weighted by atomic mass is 10.3. The molecule has 1 aliphatic heterocycles. The summed E-state index contributed by atoms with van der Waals surface area (Å²) >= 11 is 0. The van der Waals surface area contributed by atoms with Crippen LogP contribution in [-0.4, -0.2) is 6.54 Å². The number of nitrogens with one attached hydrogen (secondary N) is 1. The van der Waals surface area contributed by atoms with Gasteiger partial charge in [0, 0.05) is 18.4 Å². The second kappa shape index (κ2) is 1.69. The Morgan fingerprint density at radius 3 is 2.86 bits per heavy atom. The van der Waals surface area contributed by atoms with Gasteiger partial charge in [0.05, 0.1) is 0 Å². The van der Waals surface area contributed by atoms with Crippen LogP contribution in [0.4, 0.5) is 0 Å². The molecule has 0 aromatic rings. The molecule has 0 spiro atoms. The van der Waals surface area contributed by atoms with E-state index in [2.05, 4.69) is 5.32 Å². The van der Waals surface area contributed by atoms with E-state index in [-0.39, 0.29) is 0 Å². The van der Waals surface area contributed by atoms with Gasteiger partial charge in [-0.3, -0.25) is 0 Å². The summed E-state index contributed by atoms with van der Waals surface area (Å²) in [7, 11) is 0. The molecule has 0 aromatic carbocycles. The highest BCUT2D eigenvalue weighted by Crippen LogP contribution is 1.87. The Labute approximate surface area is 42.7 Å². The van der Waals surface area contributed by atoms with Crippen LogP contribution in [0.15, 0.2) is 24.0 Å². The molecule has 3 N–H and O–H groups in total. The highest BCUT2D eigenvalue weighted by atomic mass is 14.8. The number of hydrogen-bond acceptors (Lipinski definition) is 2. The molecule has 0 bridgehead atoms. The monoisotopic (exact) mass is 96.1 g/mol. The molecule has 1 aliphatic rings. The average Bonchev–Trinajstić information content (AvgIpc) is 1.69. The minimum absolute atomic E-state index is 0.797. The molecule has 0 aromatic heterocycles. The Morgan fingerprint density at radius 1 is 1.71 bits per heavy atom. The van der Waals surface area contributed by atoms with E-state index < -0.39 is 0 Å². The first kappa shape index (κ1) is 4.24. The van der Waals surface area contributed by atoms with E-state index in [4.69, 9.17) is 5.73 Å². The fraction of sp³-hybridized carbons (Fsp3) is 0.200. The van der Waals surface area contributed by atoms with Gasteiger partial charge in [0.15, 0.2) is 0 Å². The third-order valence-corrected chi connectivity index (χ3v) is 0.815. The smallest absolute Gasteiger partial charge is 0.0471 e. The molecule has 2 heteroatoms. The van der Waals surface area contributed by atoms with E-state index >= 15 is 0 Å². The number of rotatable bonds is 0.